The Balaban J connectivity index is 0.000000418. The van der Waals surface area contributed by atoms with Crippen molar-refractivity contribution in [3.63, 3.8) is 0 Å². The summed E-state index contributed by atoms with van der Waals surface area (Å²) in [5.41, 5.74) is 25.6. The lowest BCUT2D eigenvalue weighted by atomic mass is 10.0. The predicted molar refractivity (Wildman–Crippen MR) is 304 cm³/mol. The van der Waals surface area contributed by atoms with Crippen molar-refractivity contribution >= 4 is 0 Å². The lowest BCUT2D eigenvalue weighted by Crippen LogP contribution is -1.98. The van der Waals surface area contributed by atoms with Gasteiger partial charge in [-0.05, 0) is 258 Å². The molecule has 8 rings (SSSR count). The first-order valence-corrected chi connectivity index (χ1v) is 24.7. The average molecular weight is 987 g/mol. The van der Waals surface area contributed by atoms with Crippen molar-refractivity contribution in [2.75, 3.05) is 0 Å². The molecule has 0 N–H and O–H groups in total. The molecule has 0 aromatic carbocycles. The lowest BCUT2D eigenvalue weighted by molar-refractivity contribution is 0.986. The van der Waals surface area contributed by atoms with Crippen LogP contribution in [0.5, 0.6) is 0 Å². The minimum Gasteiger partial charge on any atom is -0.261 e. The topological polar surface area (TPSA) is 155 Å². The summed E-state index contributed by atoms with van der Waals surface area (Å²) in [7, 11) is 0. The van der Waals surface area contributed by atoms with E-state index in [2.05, 4.69) is 162 Å². The van der Waals surface area contributed by atoms with Crippen LogP contribution in [0.25, 0.3) is 0 Å². The smallest absolute Gasteiger partial charge is 0.125 e. The van der Waals surface area contributed by atoms with Gasteiger partial charge in [0, 0.05) is 94.6 Å². The second-order valence-corrected chi connectivity index (χ2v) is 18.6. The molecule has 0 aliphatic heterocycles. The zero-order valence-electron chi connectivity index (χ0n) is 49.2. The number of hydrogen-bond acceptors (Lipinski definition) is 12. The van der Waals surface area contributed by atoms with Crippen molar-refractivity contribution in [3.05, 3.63) is 209 Å². The average Bonchev–Trinajstić information content (AvgIpc) is 3.33. The van der Waals surface area contributed by atoms with Gasteiger partial charge in [-0.15, -0.1) is 0 Å². The summed E-state index contributed by atoms with van der Waals surface area (Å²) in [6, 6.07) is 7.97. The quantitative estimate of drug-likeness (QED) is 0.142. The van der Waals surface area contributed by atoms with E-state index in [-0.39, 0.29) is 0 Å². The molecule has 8 heterocycles. The van der Waals surface area contributed by atoms with Gasteiger partial charge in [-0.3, -0.25) is 19.9 Å². The van der Waals surface area contributed by atoms with E-state index < -0.39 is 0 Å². The van der Waals surface area contributed by atoms with E-state index in [1.165, 1.54) is 55.6 Å². The minimum absolute atomic E-state index is 0.822. The fourth-order valence-electron chi connectivity index (χ4n) is 6.30. The molecule has 12 heteroatoms. The molecule has 0 amide bonds. The Labute approximate surface area is 440 Å². The Bertz CT molecular complexity index is 2780. The van der Waals surface area contributed by atoms with Gasteiger partial charge in [0.05, 0.1) is 0 Å². The molecule has 0 fully saturated rings. The van der Waals surface area contributed by atoms with Gasteiger partial charge in [0.15, 0.2) is 0 Å². The van der Waals surface area contributed by atoms with E-state index in [4.69, 9.17) is 0 Å². The summed E-state index contributed by atoms with van der Waals surface area (Å²) in [6.45, 7) is 51.0. The second kappa shape index (κ2) is 32.1. The first-order valence-electron chi connectivity index (χ1n) is 24.7. The Kier molecular flexibility index (Phi) is 28.1. The van der Waals surface area contributed by atoms with Gasteiger partial charge >= 0.3 is 0 Å². The van der Waals surface area contributed by atoms with Crippen LogP contribution in [0.3, 0.4) is 0 Å². The molecule has 73 heavy (non-hydrogen) atoms. The van der Waals surface area contributed by atoms with Crippen LogP contribution in [0.2, 0.25) is 0 Å². The Morgan fingerprint density at radius 2 is 0.671 bits per heavy atom. The molecule has 0 unspecified atom stereocenters. The van der Waals surface area contributed by atoms with Crippen molar-refractivity contribution in [2.45, 2.75) is 173 Å². The zero-order valence-corrected chi connectivity index (χ0v) is 49.2. The van der Waals surface area contributed by atoms with Crippen LogP contribution in [0.15, 0.2) is 67.6 Å². The van der Waals surface area contributed by atoms with E-state index in [0.29, 0.717) is 0 Å². The first kappa shape index (κ1) is 63.9. The summed E-state index contributed by atoms with van der Waals surface area (Å²) in [5.74, 6) is 3.33. The van der Waals surface area contributed by atoms with Gasteiger partial charge < -0.3 is 0 Å². The molecule has 12 nitrogen and oxygen atoms in total. The minimum atomic E-state index is 0.822. The van der Waals surface area contributed by atoms with Crippen LogP contribution in [0, 0.1) is 173 Å². The number of aryl methyl sites for hydroxylation is 19. The number of aromatic nitrogens is 12. The van der Waals surface area contributed by atoms with Gasteiger partial charge in [0.1, 0.15) is 23.3 Å². The van der Waals surface area contributed by atoms with Crippen molar-refractivity contribution in [1.29, 1.82) is 0 Å². The monoisotopic (exact) mass is 987 g/mol. The van der Waals surface area contributed by atoms with Crippen LogP contribution >= 0.6 is 0 Å². The van der Waals surface area contributed by atoms with Crippen molar-refractivity contribution in [3.8, 4) is 0 Å². The third-order valence-corrected chi connectivity index (χ3v) is 12.4. The van der Waals surface area contributed by atoms with E-state index in [1.807, 2.05) is 114 Å². The molecule has 0 saturated carbocycles. The van der Waals surface area contributed by atoms with Gasteiger partial charge in [-0.1, -0.05) is 6.07 Å². The van der Waals surface area contributed by atoms with Crippen LogP contribution in [0.1, 0.15) is 141 Å². The van der Waals surface area contributed by atoms with Crippen LogP contribution in [0.4, 0.5) is 0 Å². The maximum absolute atomic E-state index is 4.43. The summed E-state index contributed by atoms with van der Waals surface area (Å²) in [5, 5.41) is 0. The highest BCUT2D eigenvalue weighted by atomic mass is 14.9. The third-order valence-electron chi connectivity index (χ3n) is 12.4. The number of rotatable bonds is 0. The highest BCUT2D eigenvalue weighted by Gasteiger charge is 2.04. The first-order chi connectivity index (χ1) is 34.0. The molecule has 0 saturated heterocycles. The van der Waals surface area contributed by atoms with Crippen LogP contribution in [-0.4, -0.2) is 59.8 Å². The fourth-order valence-corrected chi connectivity index (χ4v) is 6.30. The highest BCUT2D eigenvalue weighted by Crippen LogP contribution is 2.17. The van der Waals surface area contributed by atoms with Crippen LogP contribution < -0.4 is 0 Å². The van der Waals surface area contributed by atoms with Gasteiger partial charge in [-0.25, -0.2) is 39.9 Å². The molecule has 0 aliphatic carbocycles. The summed E-state index contributed by atoms with van der Waals surface area (Å²) < 4.78 is 0. The fraction of sp³-hybridized carbons (Fsp3) is 0.410. The molecule has 0 atom stereocenters. The predicted octanol–water partition coefficient (Wildman–Crippen LogP) is 13.9. The Morgan fingerprint density at radius 1 is 0.247 bits per heavy atom. The van der Waals surface area contributed by atoms with E-state index in [1.54, 1.807) is 24.7 Å². The molecule has 0 spiro atoms. The van der Waals surface area contributed by atoms with Crippen molar-refractivity contribution < 1.29 is 0 Å². The number of nitrogens with zero attached hydrogens (tertiary/aromatic N) is 12. The molecule has 390 valence electrons. The van der Waals surface area contributed by atoms with Gasteiger partial charge in [0.2, 0.25) is 0 Å². The molecule has 8 aromatic heterocycles. The van der Waals surface area contributed by atoms with Gasteiger partial charge in [-0.2, -0.15) is 0 Å². The van der Waals surface area contributed by atoms with Crippen molar-refractivity contribution in [2.24, 2.45) is 0 Å². The number of pyridine rings is 4. The molecule has 8 aromatic rings. The summed E-state index contributed by atoms with van der Waals surface area (Å²) in [6.07, 6.45) is 12.6. The van der Waals surface area contributed by atoms with Crippen molar-refractivity contribution in [1.82, 2.24) is 59.8 Å². The summed E-state index contributed by atoms with van der Waals surface area (Å²) in [4.78, 5) is 49.2. The van der Waals surface area contributed by atoms with E-state index >= 15 is 0 Å². The molecule has 0 bridgehead atoms. The third kappa shape index (κ3) is 24.3. The number of hydrogen-bond donors (Lipinski definition) is 0. The molecule has 0 radical (unpaired) electrons. The normalized spacial score (nSPS) is 9.71. The summed E-state index contributed by atoms with van der Waals surface area (Å²) >= 11 is 0. The maximum Gasteiger partial charge on any atom is 0.125 e. The largest absolute Gasteiger partial charge is 0.261 e. The van der Waals surface area contributed by atoms with Crippen LogP contribution in [-0.2, 0) is 0 Å². The lowest BCUT2D eigenvalue weighted by Gasteiger charge is -2.09. The standard InChI is InChI=1S/C10H15N.3C9H13N.C7H10N2.2C6H8N2.C5H6N2/c1-6-7(2)9(4)11-10(5)8(6)3;1-6-5-10-9(4)8(3)7(6)2;1-6-5-7(2)10-9(4)8(6)3;1-6-5-7(2)9(4)10-8(6)3;1-5-4-8-7(3)9-6(5)2;1-5-3-7-6(2)8-4-5;1-5-3-4-7-6(2)8-5;1-5-6-3-2-4-7-5/h1-5H3;3*5H,1-4H3;4H,1-3H3;2*3-4H,1-2H3;2-4H,1H3. The Morgan fingerprint density at radius 3 is 1.07 bits per heavy atom. The van der Waals surface area contributed by atoms with E-state index in [0.717, 1.165) is 85.7 Å². The van der Waals surface area contributed by atoms with E-state index in [9.17, 15) is 0 Å². The SMILES string of the molecule is Cc1cc(C)c(C)c(C)n1.Cc1cc(C)c(C)nc1C.Cc1ccnc(C)n1.Cc1cnc(C)c(C)c1C.Cc1cnc(C)nc1.Cc1nc(C)c(C)c(C)c1C.Cc1ncc(C)c(C)n1.Cc1ncccn1. The molecular formula is C61H86N12. The van der Waals surface area contributed by atoms with Gasteiger partial charge in [0.25, 0.3) is 0 Å². The zero-order chi connectivity index (χ0) is 55.7. The highest BCUT2D eigenvalue weighted by molar-refractivity contribution is 5.37. The molecular weight excluding hydrogens is 901 g/mol. The molecule has 0 aliphatic rings. The second-order valence-electron chi connectivity index (χ2n) is 18.6. The maximum atomic E-state index is 4.43. The Hall–Kier alpha value is -7.08.